The summed E-state index contributed by atoms with van der Waals surface area (Å²) in [5, 5.41) is 3.70. The largest absolute Gasteiger partial charge is 0.325 e. The molecule has 0 aliphatic carbocycles. The predicted octanol–water partition coefficient (Wildman–Crippen LogP) is 4.46. The van der Waals surface area contributed by atoms with Crippen molar-refractivity contribution in [1.82, 2.24) is 0 Å². The van der Waals surface area contributed by atoms with Crippen molar-refractivity contribution in [2.24, 2.45) is 0 Å². The molecular weight excluding hydrogens is 277 g/mol. The number of hydrogen-bond acceptors (Lipinski definition) is 2. The molecule has 0 heterocycles. The lowest BCUT2D eigenvalue weighted by molar-refractivity contribution is -0.113. The van der Waals surface area contributed by atoms with Crippen LogP contribution in [0.4, 0.5) is 5.69 Å². The highest BCUT2D eigenvalue weighted by Gasteiger charge is 2.13. The average molecular weight is 292 g/mol. The Balaban J connectivity index is 2.54. The van der Waals surface area contributed by atoms with Gasteiger partial charge in [-0.25, -0.2) is 0 Å². The summed E-state index contributed by atoms with van der Waals surface area (Å²) in [6.07, 6.45) is 0. The van der Waals surface area contributed by atoms with Gasteiger partial charge in [-0.2, -0.15) is 0 Å². The van der Waals surface area contributed by atoms with E-state index in [2.05, 4.69) is 26.1 Å². The third kappa shape index (κ3) is 5.66. The Kier molecular flexibility index (Phi) is 5.17. The number of hydrogen-bond donors (Lipinski definition) is 1. The summed E-state index contributed by atoms with van der Waals surface area (Å²) >= 11 is 13.2. The van der Waals surface area contributed by atoms with E-state index in [9.17, 15) is 4.79 Å². The van der Waals surface area contributed by atoms with Crippen LogP contribution >= 0.6 is 35.0 Å². The van der Waals surface area contributed by atoms with E-state index in [0.717, 1.165) is 0 Å². The lowest BCUT2D eigenvalue weighted by Crippen LogP contribution is -2.18. The Bertz CT molecular complexity index is 415. The first-order chi connectivity index (χ1) is 7.78. The molecule has 2 nitrogen and oxygen atoms in total. The molecule has 1 amide bonds. The van der Waals surface area contributed by atoms with Crippen LogP contribution in [0.25, 0.3) is 0 Å². The molecule has 0 aliphatic heterocycles. The lowest BCUT2D eigenvalue weighted by atomic mass is 10.3. The molecule has 0 unspecified atom stereocenters. The van der Waals surface area contributed by atoms with Gasteiger partial charge in [-0.05, 0) is 18.2 Å². The molecule has 0 aliphatic rings. The zero-order chi connectivity index (χ0) is 13.1. The number of thioether (sulfide) groups is 1. The van der Waals surface area contributed by atoms with Gasteiger partial charge in [0.15, 0.2) is 0 Å². The highest BCUT2D eigenvalue weighted by Crippen LogP contribution is 2.26. The summed E-state index contributed by atoms with van der Waals surface area (Å²) in [7, 11) is 0. The first-order valence-corrected chi connectivity index (χ1v) is 6.91. The van der Waals surface area contributed by atoms with Gasteiger partial charge in [0.2, 0.25) is 5.91 Å². The van der Waals surface area contributed by atoms with Gasteiger partial charge in [-0.3, -0.25) is 4.79 Å². The van der Waals surface area contributed by atoms with E-state index < -0.39 is 0 Å². The summed E-state index contributed by atoms with van der Waals surface area (Å²) < 4.78 is 0.0784. The number of anilines is 1. The molecule has 0 saturated heterocycles. The van der Waals surface area contributed by atoms with Crippen LogP contribution in [0.5, 0.6) is 0 Å². The molecule has 0 bridgehead atoms. The minimum Gasteiger partial charge on any atom is -0.325 e. The average Bonchev–Trinajstić information content (AvgIpc) is 2.20. The number of nitrogens with one attached hydrogen (secondary N) is 1. The van der Waals surface area contributed by atoms with E-state index in [1.807, 2.05) is 0 Å². The van der Waals surface area contributed by atoms with Crippen LogP contribution in [0.1, 0.15) is 20.8 Å². The smallest absolute Gasteiger partial charge is 0.234 e. The fraction of sp³-hybridized carbons (Fsp3) is 0.417. The van der Waals surface area contributed by atoms with E-state index in [0.29, 0.717) is 21.5 Å². The normalized spacial score (nSPS) is 11.4. The van der Waals surface area contributed by atoms with E-state index in [-0.39, 0.29) is 10.7 Å². The highest BCUT2D eigenvalue weighted by atomic mass is 35.5. The van der Waals surface area contributed by atoms with Crippen LogP contribution < -0.4 is 5.32 Å². The second kappa shape index (κ2) is 5.98. The van der Waals surface area contributed by atoms with Gasteiger partial charge in [-0.15, -0.1) is 11.8 Å². The van der Waals surface area contributed by atoms with Crippen molar-refractivity contribution in [1.29, 1.82) is 0 Å². The zero-order valence-electron chi connectivity index (χ0n) is 10.0. The quantitative estimate of drug-likeness (QED) is 0.891. The SMILES string of the molecule is CC(C)(C)SCC(=O)Nc1ccc(Cl)c(Cl)c1. The number of rotatable bonds is 3. The summed E-state index contributed by atoms with van der Waals surface area (Å²) in [4.78, 5) is 11.6. The van der Waals surface area contributed by atoms with Crippen molar-refractivity contribution in [2.75, 3.05) is 11.1 Å². The Morgan fingerprint density at radius 3 is 2.47 bits per heavy atom. The molecule has 1 N–H and O–H groups in total. The molecule has 0 fully saturated rings. The summed E-state index contributed by atoms with van der Waals surface area (Å²) in [5.41, 5.74) is 0.666. The molecule has 17 heavy (non-hydrogen) atoms. The van der Waals surface area contributed by atoms with Crippen LogP contribution in [0.2, 0.25) is 10.0 Å². The molecule has 0 aromatic heterocycles. The fourth-order valence-electron chi connectivity index (χ4n) is 1.05. The van der Waals surface area contributed by atoms with Crippen molar-refractivity contribution < 1.29 is 4.79 Å². The van der Waals surface area contributed by atoms with Crippen molar-refractivity contribution in [3.8, 4) is 0 Å². The van der Waals surface area contributed by atoms with Gasteiger partial charge in [0.1, 0.15) is 0 Å². The van der Waals surface area contributed by atoms with Crippen LogP contribution in [0.3, 0.4) is 0 Å². The monoisotopic (exact) mass is 291 g/mol. The zero-order valence-corrected chi connectivity index (χ0v) is 12.3. The number of halogens is 2. The first kappa shape index (κ1) is 14.7. The van der Waals surface area contributed by atoms with Crippen molar-refractivity contribution in [2.45, 2.75) is 25.5 Å². The number of amides is 1. The van der Waals surface area contributed by atoms with Gasteiger partial charge < -0.3 is 5.32 Å². The van der Waals surface area contributed by atoms with Gasteiger partial charge in [0.05, 0.1) is 15.8 Å². The minimum absolute atomic E-state index is 0.0386. The molecule has 0 atom stereocenters. The van der Waals surface area contributed by atoms with E-state index in [1.165, 1.54) is 0 Å². The van der Waals surface area contributed by atoms with Crippen LogP contribution in [-0.4, -0.2) is 16.4 Å². The maximum atomic E-state index is 11.6. The predicted molar refractivity (Wildman–Crippen MR) is 77.3 cm³/mol. The number of benzene rings is 1. The summed E-state index contributed by atoms with van der Waals surface area (Å²) in [5.74, 6) is 0.382. The Hall–Kier alpha value is -0.380. The van der Waals surface area contributed by atoms with Crippen LogP contribution in [0, 0.1) is 0 Å². The maximum Gasteiger partial charge on any atom is 0.234 e. The summed E-state index contributed by atoms with van der Waals surface area (Å²) in [6.45, 7) is 6.22. The fourth-order valence-corrected chi connectivity index (χ4v) is 1.99. The number of carbonyl (C=O) groups is 1. The molecule has 0 spiro atoms. The lowest BCUT2D eigenvalue weighted by Gasteiger charge is -2.17. The van der Waals surface area contributed by atoms with Gasteiger partial charge in [-0.1, -0.05) is 44.0 Å². The highest BCUT2D eigenvalue weighted by molar-refractivity contribution is 8.01. The molecular formula is C12H15Cl2NOS. The van der Waals surface area contributed by atoms with E-state index >= 15 is 0 Å². The molecule has 0 radical (unpaired) electrons. The third-order valence-electron chi connectivity index (χ3n) is 1.84. The second-order valence-electron chi connectivity index (χ2n) is 4.58. The Labute approximate surface area is 116 Å². The van der Waals surface area contributed by atoms with Crippen molar-refractivity contribution in [3.05, 3.63) is 28.2 Å². The van der Waals surface area contributed by atoms with Gasteiger partial charge in [0, 0.05) is 10.4 Å². The number of carbonyl (C=O) groups excluding carboxylic acids is 1. The Morgan fingerprint density at radius 2 is 1.94 bits per heavy atom. The molecule has 5 heteroatoms. The molecule has 94 valence electrons. The Morgan fingerprint density at radius 1 is 1.29 bits per heavy atom. The molecule has 1 rings (SSSR count). The topological polar surface area (TPSA) is 29.1 Å². The van der Waals surface area contributed by atoms with Gasteiger partial charge in [0.25, 0.3) is 0 Å². The second-order valence-corrected chi connectivity index (χ2v) is 7.19. The van der Waals surface area contributed by atoms with E-state index in [4.69, 9.17) is 23.2 Å². The third-order valence-corrected chi connectivity index (χ3v) is 3.85. The van der Waals surface area contributed by atoms with Crippen molar-refractivity contribution in [3.63, 3.8) is 0 Å². The van der Waals surface area contributed by atoms with Crippen LogP contribution in [0.15, 0.2) is 18.2 Å². The minimum atomic E-state index is -0.0386. The standard InChI is InChI=1S/C12H15Cl2NOS/c1-12(2,3)17-7-11(16)15-8-4-5-9(13)10(14)6-8/h4-6H,7H2,1-3H3,(H,15,16). The summed E-state index contributed by atoms with van der Waals surface area (Å²) in [6, 6.07) is 5.04. The van der Waals surface area contributed by atoms with Gasteiger partial charge >= 0.3 is 0 Å². The molecule has 0 saturated carbocycles. The van der Waals surface area contributed by atoms with E-state index in [1.54, 1.807) is 30.0 Å². The maximum absolute atomic E-state index is 11.6. The van der Waals surface area contributed by atoms with Crippen LogP contribution in [-0.2, 0) is 4.79 Å². The molecule has 1 aromatic carbocycles. The first-order valence-electron chi connectivity index (χ1n) is 5.17. The van der Waals surface area contributed by atoms with Crippen molar-refractivity contribution >= 4 is 46.6 Å². The molecule has 1 aromatic rings.